The highest BCUT2D eigenvalue weighted by molar-refractivity contribution is 5.92. The van der Waals surface area contributed by atoms with Crippen molar-refractivity contribution in [3.05, 3.63) is 95.6 Å². The van der Waals surface area contributed by atoms with E-state index in [-0.39, 0.29) is 5.78 Å². The van der Waals surface area contributed by atoms with Crippen LogP contribution in [0, 0.1) is 0 Å². The van der Waals surface area contributed by atoms with Crippen LogP contribution in [0.5, 0.6) is 0 Å². The van der Waals surface area contributed by atoms with E-state index in [1.165, 1.54) is 14.0 Å². The molecule has 0 heterocycles. The molecule has 0 aliphatic heterocycles. The van der Waals surface area contributed by atoms with Crippen molar-refractivity contribution < 1.29 is 14.3 Å². The first kappa shape index (κ1) is 18.5. The van der Waals surface area contributed by atoms with Crippen molar-refractivity contribution in [2.75, 3.05) is 7.11 Å². The molecule has 3 aromatic carbocycles. The van der Waals surface area contributed by atoms with Crippen LogP contribution in [0.25, 0.3) is 11.1 Å². The standard InChI is InChI=1S/C23H21NO3/c1-16(25)23(24,20-11-4-3-5-12-20)21-13-7-9-18(15-21)17-8-6-10-19(14-17)22(26)27-2/h3-15H,24H2,1-2H3. The van der Waals surface area contributed by atoms with E-state index in [2.05, 4.69) is 0 Å². The van der Waals surface area contributed by atoms with Gasteiger partial charge in [-0.25, -0.2) is 4.79 Å². The van der Waals surface area contributed by atoms with Crippen molar-refractivity contribution in [3.63, 3.8) is 0 Å². The largest absolute Gasteiger partial charge is 0.465 e. The topological polar surface area (TPSA) is 69.4 Å². The summed E-state index contributed by atoms with van der Waals surface area (Å²) in [5, 5.41) is 0. The number of carbonyl (C=O) groups is 2. The summed E-state index contributed by atoms with van der Waals surface area (Å²) in [5.41, 5.74) is 8.98. The number of methoxy groups -OCH3 is 1. The fraction of sp³-hybridized carbons (Fsp3) is 0.130. The lowest BCUT2D eigenvalue weighted by molar-refractivity contribution is -0.120. The molecule has 0 radical (unpaired) electrons. The molecular weight excluding hydrogens is 338 g/mol. The quantitative estimate of drug-likeness (QED) is 0.701. The summed E-state index contributed by atoms with van der Waals surface area (Å²) < 4.78 is 4.79. The number of ether oxygens (including phenoxy) is 1. The average Bonchev–Trinajstić information content (AvgIpc) is 2.73. The van der Waals surface area contributed by atoms with Crippen LogP contribution in [-0.2, 0) is 15.1 Å². The molecule has 0 fully saturated rings. The van der Waals surface area contributed by atoms with Gasteiger partial charge in [-0.05, 0) is 47.4 Å². The summed E-state index contributed by atoms with van der Waals surface area (Å²) in [7, 11) is 1.35. The van der Waals surface area contributed by atoms with Crippen LogP contribution in [0.1, 0.15) is 28.4 Å². The number of nitrogens with two attached hydrogens (primary N) is 1. The summed E-state index contributed by atoms with van der Waals surface area (Å²) in [5.74, 6) is -0.539. The van der Waals surface area contributed by atoms with Crippen molar-refractivity contribution in [3.8, 4) is 11.1 Å². The molecule has 0 spiro atoms. The highest BCUT2D eigenvalue weighted by Gasteiger charge is 2.34. The predicted octanol–water partition coefficient (Wildman–Crippen LogP) is 3.93. The van der Waals surface area contributed by atoms with E-state index < -0.39 is 11.5 Å². The van der Waals surface area contributed by atoms with Gasteiger partial charge in [0, 0.05) is 0 Å². The summed E-state index contributed by atoms with van der Waals surface area (Å²) >= 11 is 0. The van der Waals surface area contributed by atoms with Crippen LogP contribution >= 0.6 is 0 Å². The van der Waals surface area contributed by atoms with Crippen LogP contribution in [-0.4, -0.2) is 18.9 Å². The minimum Gasteiger partial charge on any atom is -0.465 e. The van der Waals surface area contributed by atoms with E-state index >= 15 is 0 Å². The zero-order valence-electron chi connectivity index (χ0n) is 15.3. The SMILES string of the molecule is COC(=O)c1cccc(-c2cccc(C(N)(C(C)=O)c3ccccc3)c2)c1. The number of benzene rings is 3. The number of hydrogen-bond donors (Lipinski definition) is 1. The molecule has 1 unspecified atom stereocenters. The Kier molecular flexibility index (Phi) is 5.19. The first-order valence-electron chi connectivity index (χ1n) is 8.61. The maximum absolute atomic E-state index is 12.5. The molecule has 4 heteroatoms. The van der Waals surface area contributed by atoms with Crippen molar-refractivity contribution in [1.29, 1.82) is 0 Å². The summed E-state index contributed by atoms with van der Waals surface area (Å²) in [6.45, 7) is 1.50. The van der Waals surface area contributed by atoms with Crippen LogP contribution in [0.4, 0.5) is 0 Å². The lowest BCUT2D eigenvalue weighted by atomic mass is 9.80. The second kappa shape index (κ2) is 7.56. The van der Waals surface area contributed by atoms with Crippen molar-refractivity contribution in [2.24, 2.45) is 5.73 Å². The highest BCUT2D eigenvalue weighted by Crippen LogP contribution is 2.31. The Morgan fingerprint density at radius 2 is 1.41 bits per heavy atom. The molecular formula is C23H21NO3. The summed E-state index contributed by atoms with van der Waals surface area (Å²) in [4.78, 5) is 24.3. The van der Waals surface area contributed by atoms with Gasteiger partial charge in [-0.3, -0.25) is 4.79 Å². The molecule has 0 saturated carbocycles. The highest BCUT2D eigenvalue weighted by atomic mass is 16.5. The van der Waals surface area contributed by atoms with Crippen LogP contribution in [0.3, 0.4) is 0 Å². The van der Waals surface area contributed by atoms with Gasteiger partial charge >= 0.3 is 5.97 Å². The fourth-order valence-corrected chi connectivity index (χ4v) is 3.16. The molecule has 1 atom stereocenters. The third kappa shape index (κ3) is 3.52. The van der Waals surface area contributed by atoms with Gasteiger partial charge in [0.25, 0.3) is 0 Å². The molecule has 0 bridgehead atoms. The Morgan fingerprint density at radius 3 is 2.04 bits per heavy atom. The lowest BCUT2D eigenvalue weighted by Crippen LogP contribution is -2.44. The normalized spacial score (nSPS) is 12.9. The average molecular weight is 359 g/mol. The third-order valence-electron chi connectivity index (χ3n) is 4.72. The summed E-state index contributed by atoms with van der Waals surface area (Å²) in [6, 6.07) is 24.0. The number of rotatable bonds is 5. The van der Waals surface area contributed by atoms with Gasteiger partial charge in [-0.15, -0.1) is 0 Å². The van der Waals surface area contributed by atoms with E-state index in [1.54, 1.807) is 18.2 Å². The lowest BCUT2D eigenvalue weighted by Gasteiger charge is -2.28. The van der Waals surface area contributed by atoms with E-state index in [0.717, 1.165) is 16.7 Å². The molecule has 3 aromatic rings. The van der Waals surface area contributed by atoms with E-state index in [1.807, 2.05) is 60.7 Å². The Labute approximate surface area is 158 Å². The molecule has 0 amide bonds. The number of hydrogen-bond acceptors (Lipinski definition) is 4. The van der Waals surface area contributed by atoms with E-state index in [9.17, 15) is 9.59 Å². The first-order chi connectivity index (χ1) is 13.0. The van der Waals surface area contributed by atoms with E-state index in [0.29, 0.717) is 11.1 Å². The van der Waals surface area contributed by atoms with Gasteiger partial charge < -0.3 is 10.5 Å². The zero-order chi connectivity index (χ0) is 19.4. The molecule has 0 aromatic heterocycles. The molecule has 0 aliphatic rings. The molecule has 3 rings (SSSR count). The van der Waals surface area contributed by atoms with Gasteiger partial charge in [0.2, 0.25) is 0 Å². The number of Topliss-reactive ketones (excluding diaryl/α,β-unsaturated/α-hetero) is 1. The minimum atomic E-state index is -1.24. The molecule has 27 heavy (non-hydrogen) atoms. The second-order valence-electron chi connectivity index (χ2n) is 6.38. The third-order valence-corrected chi connectivity index (χ3v) is 4.72. The minimum absolute atomic E-state index is 0.144. The zero-order valence-corrected chi connectivity index (χ0v) is 15.3. The van der Waals surface area contributed by atoms with Crippen LogP contribution < -0.4 is 5.73 Å². The molecule has 2 N–H and O–H groups in total. The smallest absolute Gasteiger partial charge is 0.337 e. The molecule has 0 aliphatic carbocycles. The maximum Gasteiger partial charge on any atom is 0.337 e. The van der Waals surface area contributed by atoms with Crippen molar-refractivity contribution in [2.45, 2.75) is 12.5 Å². The van der Waals surface area contributed by atoms with Gasteiger partial charge in [0.1, 0.15) is 5.54 Å². The number of ketones is 1. The maximum atomic E-state index is 12.5. The second-order valence-corrected chi connectivity index (χ2v) is 6.38. The Morgan fingerprint density at radius 1 is 0.815 bits per heavy atom. The van der Waals surface area contributed by atoms with Gasteiger partial charge in [-0.2, -0.15) is 0 Å². The van der Waals surface area contributed by atoms with E-state index in [4.69, 9.17) is 10.5 Å². The monoisotopic (exact) mass is 359 g/mol. The van der Waals surface area contributed by atoms with Gasteiger partial charge in [-0.1, -0.05) is 60.7 Å². The fourth-order valence-electron chi connectivity index (χ4n) is 3.16. The molecule has 4 nitrogen and oxygen atoms in total. The first-order valence-corrected chi connectivity index (χ1v) is 8.61. The van der Waals surface area contributed by atoms with Gasteiger partial charge in [0.05, 0.1) is 12.7 Å². The van der Waals surface area contributed by atoms with Crippen LogP contribution in [0.15, 0.2) is 78.9 Å². The number of esters is 1. The Bertz CT molecular complexity index is 982. The van der Waals surface area contributed by atoms with Crippen molar-refractivity contribution in [1.82, 2.24) is 0 Å². The predicted molar refractivity (Wildman–Crippen MR) is 105 cm³/mol. The number of carbonyl (C=O) groups excluding carboxylic acids is 2. The van der Waals surface area contributed by atoms with Crippen molar-refractivity contribution >= 4 is 11.8 Å². The van der Waals surface area contributed by atoms with Gasteiger partial charge in [0.15, 0.2) is 5.78 Å². The summed E-state index contributed by atoms with van der Waals surface area (Å²) in [6.07, 6.45) is 0. The Balaban J connectivity index is 2.10. The Hall–Kier alpha value is -3.24. The molecule has 0 saturated heterocycles. The van der Waals surface area contributed by atoms with Crippen LogP contribution in [0.2, 0.25) is 0 Å². The molecule has 136 valence electrons.